The van der Waals surface area contributed by atoms with Gasteiger partial charge in [-0.2, -0.15) is 4.31 Å². The topological polar surface area (TPSA) is 76.2 Å². The first-order chi connectivity index (χ1) is 12.9. The molecule has 8 heteroatoms. The smallest absolute Gasteiger partial charge is 0.330 e. The first kappa shape index (κ1) is 19.8. The number of carbonyl (C=O) groups excluding carboxylic acids is 1. The SMILES string of the molecule is CCOC(=O)C=Cc1ccc(-c2cccc(S(=O)(=O)N(C)CC3CO3)c2)s1. The molecule has 2 aromatic rings. The van der Waals surface area contributed by atoms with Crippen molar-refractivity contribution in [3.63, 3.8) is 0 Å². The van der Waals surface area contributed by atoms with Crippen LogP contribution in [-0.4, -0.2) is 51.6 Å². The highest BCUT2D eigenvalue weighted by Crippen LogP contribution is 2.31. The molecule has 27 heavy (non-hydrogen) atoms. The monoisotopic (exact) mass is 407 g/mol. The Balaban J connectivity index is 1.78. The van der Waals surface area contributed by atoms with Crippen LogP contribution >= 0.6 is 11.3 Å². The van der Waals surface area contributed by atoms with E-state index in [9.17, 15) is 13.2 Å². The highest BCUT2D eigenvalue weighted by molar-refractivity contribution is 7.89. The van der Waals surface area contributed by atoms with Gasteiger partial charge in [0.2, 0.25) is 10.0 Å². The largest absolute Gasteiger partial charge is 0.463 e. The number of nitrogens with zero attached hydrogens (tertiary/aromatic N) is 1. The molecular formula is C19H21NO5S2. The quantitative estimate of drug-likeness (QED) is 0.382. The molecule has 0 saturated carbocycles. The minimum absolute atomic E-state index is 0.000928. The number of thiophene rings is 1. The number of benzene rings is 1. The average Bonchev–Trinajstić information content (AvgIpc) is 3.33. The summed E-state index contributed by atoms with van der Waals surface area (Å²) in [5, 5.41) is 0. The lowest BCUT2D eigenvalue weighted by atomic mass is 10.2. The van der Waals surface area contributed by atoms with Crippen LogP contribution in [-0.2, 0) is 24.3 Å². The lowest BCUT2D eigenvalue weighted by Gasteiger charge is -2.16. The van der Waals surface area contributed by atoms with Crippen LogP contribution in [0.25, 0.3) is 16.5 Å². The molecule has 2 heterocycles. The summed E-state index contributed by atoms with van der Waals surface area (Å²) in [5.74, 6) is -0.386. The van der Waals surface area contributed by atoms with Crippen molar-refractivity contribution >= 4 is 33.4 Å². The minimum atomic E-state index is -3.56. The van der Waals surface area contributed by atoms with E-state index in [-0.39, 0.29) is 17.0 Å². The Morgan fingerprint density at radius 1 is 1.37 bits per heavy atom. The van der Waals surface area contributed by atoms with E-state index in [1.54, 1.807) is 38.2 Å². The number of likely N-dealkylation sites (N-methyl/N-ethyl adjacent to an activating group) is 1. The molecule has 3 rings (SSSR count). The van der Waals surface area contributed by atoms with Crippen LogP contribution in [0, 0.1) is 0 Å². The third-order valence-electron chi connectivity index (χ3n) is 3.99. The van der Waals surface area contributed by atoms with Crippen molar-refractivity contribution < 1.29 is 22.7 Å². The normalized spacial score (nSPS) is 16.8. The summed E-state index contributed by atoms with van der Waals surface area (Å²) in [4.78, 5) is 13.5. The Morgan fingerprint density at radius 2 is 2.15 bits per heavy atom. The van der Waals surface area contributed by atoms with Gasteiger partial charge in [0, 0.05) is 29.4 Å². The molecule has 0 radical (unpaired) electrons. The minimum Gasteiger partial charge on any atom is -0.463 e. The Hall–Kier alpha value is -2.00. The Morgan fingerprint density at radius 3 is 2.85 bits per heavy atom. The van der Waals surface area contributed by atoms with Crippen molar-refractivity contribution in [3.05, 3.63) is 47.4 Å². The maximum atomic E-state index is 12.7. The zero-order valence-corrected chi connectivity index (χ0v) is 16.8. The molecule has 1 aromatic carbocycles. The van der Waals surface area contributed by atoms with E-state index >= 15 is 0 Å². The molecule has 1 aliphatic heterocycles. The van der Waals surface area contributed by atoms with Gasteiger partial charge in [-0.15, -0.1) is 11.3 Å². The van der Waals surface area contributed by atoms with Crippen molar-refractivity contribution in [1.82, 2.24) is 4.31 Å². The first-order valence-corrected chi connectivity index (χ1v) is 10.8. The number of sulfonamides is 1. The van der Waals surface area contributed by atoms with Crippen molar-refractivity contribution in [2.24, 2.45) is 0 Å². The van der Waals surface area contributed by atoms with Crippen molar-refractivity contribution in [2.45, 2.75) is 17.9 Å². The maximum Gasteiger partial charge on any atom is 0.330 e. The Bertz CT molecular complexity index is 945. The molecule has 1 atom stereocenters. The molecule has 0 amide bonds. The lowest BCUT2D eigenvalue weighted by Crippen LogP contribution is -2.30. The molecule has 0 N–H and O–H groups in total. The molecule has 0 aliphatic carbocycles. The number of epoxide rings is 1. The number of ether oxygens (including phenoxy) is 2. The maximum absolute atomic E-state index is 12.7. The van der Waals surface area contributed by atoms with E-state index in [2.05, 4.69) is 0 Å². The summed E-state index contributed by atoms with van der Waals surface area (Å²) in [6.07, 6.45) is 3.07. The molecular weight excluding hydrogens is 386 g/mol. The molecule has 6 nitrogen and oxygen atoms in total. The highest BCUT2D eigenvalue weighted by Gasteiger charge is 2.30. The fraction of sp³-hybridized carbons (Fsp3) is 0.316. The van der Waals surface area contributed by atoms with Gasteiger partial charge in [-0.05, 0) is 42.8 Å². The summed E-state index contributed by atoms with van der Waals surface area (Å²) < 4.78 is 36.8. The number of hydrogen-bond acceptors (Lipinski definition) is 6. The lowest BCUT2D eigenvalue weighted by molar-refractivity contribution is -0.137. The van der Waals surface area contributed by atoms with Crippen molar-refractivity contribution in [3.8, 4) is 10.4 Å². The number of rotatable bonds is 8. The standard InChI is InChI=1S/C19H21NO5S2/c1-3-24-19(21)10-8-16-7-9-18(26-16)14-5-4-6-17(11-14)27(22,23)20(2)12-15-13-25-15/h4-11,15H,3,12-13H2,1-2H3. The number of hydrogen-bond donors (Lipinski definition) is 0. The zero-order chi connectivity index (χ0) is 19.4. The Kier molecular flexibility index (Phi) is 6.11. The van der Waals surface area contributed by atoms with Gasteiger partial charge in [-0.1, -0.05) is 12.1 Å². The fourth-order valence-electron chi connectivity index (χ4n) is 2.49. The predicted octanol–water partition coefficient (Wildman–Crippen LogP) is 3.01. The molecule has 144 valence electrons. The first-order valence-electron chi connectivity index (χ1n) is 8.53. The summed E-state index contributed by atoms with van der Waals surface area (Å²) in [6.45, 7) is 3.05. The van der Waals surface area contributed by atoms with E-state index in [0.717, 1.165) is 15.3 Å². The Labute approximate surface area is 163 Å². The van der Waals surface area contributed by atoms with Gasteiger partial charge in [0.15, 0.2) is 0 Å². The average molecular weight is 408 g/mol. The summed E-state index contributed by atoms with van der Waals surface area (Å²) in [6, 6.07) is 10.7. The van der Waals surface area contributed by atoms with Gasteiger partial charge in [0.25, 0.3) is 0 Å². The second kappa shape index (κ2) is 8.35. The molecule has 1 aliphatic rings. The van der Waals surface area contributed by atoms with Gasteiger partial charge in [-0.3, -0.25) is 0 Å². The summed E-state index contributed by atoms with van der Waals surface area (Å²) >= 11 is 1.47. The molecule has 1 fully saturated rings. The van der Waals surface area contributed by atoms with Crippen LogP contribution in [0.1, 0.15) is 11.8 Å². The number of esters is 1. The molecule has 1 aromatic heterocycles. The fourth-order valence-corrected chi connectivity index (χ4v) is 4.64. The zero-order valence-electron chi connectivity index (χ0n) is 15.1. The third kappa shape index (κ3) is 5.04. The van der Waals surface area contributed by atoms with Crippen LogP contribution in [0.4, 0.5) is 0 Å². The van der Waals surface area contributed by atoms with E-state index in [4.69, 9.17) is 9.47 Å². The van der Waals surface area contributed by atoms with Crippen LogP contribution in [0.2, 0.25) is 0 Å². The van der Waals surface area contributed by atoms with E-state index in [1.165, 1.54) is 21.7 Å². The van der Waals surface area contributed by atoms with Crippen LogP contribution in [0.15, 0.2) is 47.4 Å². The van der Waals surface area contributed by atoms with Gasteiger partial charge < -0.3 is 9.47 Å². The molecule has 1 unspecified atom stereocenters. The predicted molar refractivity (Wildman–Crippen MR) is 105 cm³/mol. The van der Waals surface area contributed by atoms with E-state index in [0.29, 0.717) is 19.8 Å². The van der Waals surface area contributed by atoms with Crippen molar-refractivity contribution in [1.29, 1.82) is 0 Å². The van der Waals surface area contributed by atoms with Crippen LogP contribution < -0.4 is 0 Å². The molecule has 0 bridgehead atoms. The molecule has 0 spiro atoms. The van der Waals surface area contributed by atoms with E-state index in [1.807, 2.05) is 18.2 Å². The van der Waals surface area contributed by atoms with Crippen LogP contribution in [0.5, 0.6) is 0 Å². The van der Waals surface area contributed by atoms with Gasteiger partial charge >= 0.3 is 5.97 Å². The van der Waals surface area contributed by atoms with Gasteiger partial charge in [-0.25, -0.2) is 13.2 Å². The highest BCUT2D eigenvalue weighted by atomic mass is 32.2. The van der Waals surface area contributed by atoms with Crippen LogP contribution in [0.3, 0.4) is 0 Å². The second-order valence-corrected chi connectivity index (χ2v) is 9.22. The summed E-state index contributed by atoms with van der Waals surface area (Å²) in [5.41, 5.74) is 0.813. The summed E-state index contributed by atoms with van der Waals surface area (Å²) in [7, 11) is -2.00. The van der Waals surface area contributed by atoms with E-state index < -0.39 is 10.0 Å². The van der Waals surface area contributed by atoms with Crippen molar-refractivity contribution in [2.75, 3.05) is 26.8 Å². The number of carbonyl (C=O) groups is 1. The molecule has 1 saturated heterocycles. The van der Waals surface area contributed by atoms with Gasteiger partial charge in [0.1, 0.15) is 0 Å². The third-order valence-corrected chi connectivity index (χ3v) is 6.91. The van der Waals surface area contributed by atoms with Gasteiger partial charge in [0.05, 0.1) is 24.2 Å². The second-order valence-electron chi connectivity index (χ2n) is 6.06.